The van der Waals surface area contributed by atoms with Crippen LogP contribution >= 0.6 is 23.5 Å². The number of carbonyl (C=O) groups is 4. The molecule has 0 aliphatic heterocycles. The van der Waals surface area contributed by atoms with E-state index >= 15 is 0 Å². The fourth-order valence-electron chi connectivity index (χ4n) is 3.76. The first kappa shape index (κ1) is 31.1. The summed E-state index contributed by atoms with van der Waals surface area (Å²) in [6.45, 7) is -1.19. The second-order valence-electron chi connectivity index (χ2n) is 7.77. The van der Waals surface area contributed by atoms with E-state index in [-0.39, 0.29) is 12.6 Å². The van der Waals surface area contributed by atoms with Gasteiger partial charge in [-0.1, -0.05) is 0 Å². The van der Waals surface area contributed by atoms with Gasteiger partial charge in [-0.2, -0.15) is 0 Å². The van der Waals surface area contributed by atoms with Crippen molar-refractivity contribution in [2.45, 2.75) is 42.5 Å². The Hall–Kier alpha value is -1.11. The number of phosphoric ester groups is 3. The van der Waals surface area contributed by atoms with Gasteiger partial charge in [0.05, 0.1) is 24.5 Å². The summed E-state index contributed by atoms with van der Waals surface area (Å²) in [4.78, 5) is 90.1. The molecule has 0 aromatic rings. The number of hydrogen-bond donors (Lipinski definition) is 8. The summed E-state index contributed by atoms with van der Waals surface area (Å²) in [5.41, 5.74) is -2.85. The van der Waals surface area contributed by atoms with Crippen molar-refractivity contribution in [3.05, 3.63) is 0 Å². The van der Waals surface area contributed by atoms with Crippen LogP contribution in [0.4, 0.5) is 0 Å². The molecule has 36 heavy (non-hydrogen) atoms. The molecule has 22 heteroatoms. The smallest absolute Gasteiger partial charge is 0.390 e. The van der Waals surface area contributed by atoms with Crippen LogP contribution in [0.15, 0.2) is 0 Å². The van der Waals surface area contributed by atoms with Gasteiger partial charge in [0.15, 0.2) is 18.4 Å². The van der Waals surface area contributed by atoms with Crippen molar-refractivity contribution >= 4 is 47.6 Å². The van der Waals surface area contributed by atoms with E-state index in [0.29, 0.717) is 0 Å². The molecule has 0 radical (unpaired) electrons. The van der Waals surface area contributed by atoms with Crippen LogP contribution in [0.2, 0.25) is 0 Å². The zero-order valence-electron chi connectivity index (χ0n) is 17.5. The lowest BCUT2D eigenvalue weighted by Gasteiger charge is -2.39. The molecule has 8 N–H and O–H groups in total. The minimum Gasteiger partial charge on any atom is -0.390 e. The molecule has 0 saturated heterocycles. The Morgan fingerprint density at radius 2 is 1.42 bits per heavy atom. The molecule has 0 heterocycles. The molecule has 9 atom stereocenters. The molecule has 0 amide bonds. The molecular formula is C14H21O19P3. The number of ketones is 2. The number of Topliss-reactive ketones (excluding diaryl/α,β-unsaturated/α-hetero) is 2. The maximum atomic E-state index is 12.5. The van der Waals surface area contributed by atoms with E-state index in [0.717, 1.165) is 0 Å². The topological polar surface area (TPSA) is 318 Å². The number of aldehydes is 2. The minimum absolute atomic E-state index is 0.200. The summed E-state index contributed by atoms with van der Waals surface area (Å²) in [5.74, 6) is -6.13. The number of fused-ring (bicyclic) bond motifs is 1. The molecule has 0 bridgehead atoms. The lowest BCUT2D eigenvalue weighted by atomic mass is 9.87. The molecule has 2 rings (SSSR count). The molecule has 2 aliphatic carbocycles. The quantitative estimate of drug-likeness (QED) is 0.0547. The SMILES string of the molecule is O=CC(=O)C[C@H](COP(=O)(O)OC1C(O)[C@@H](OP(=O)(O)O)C(O)[C@H]2C(OP(=O)(O)O)C12O)C(=O)C=O. The van der Waals surface area contributed by atoms with E-state index in [2.05, 4.69) is 18.1 Å². The number of phosphoric acid groups is 3. The van der Waals surface area contributed by atoms with Crippen LogP contribution < -0.4 is 0 Å². The van der Waals surface area contributed by atoms with Crippen LogP contribution in [0.5, 0.6) is 0 Å². The Morgan fingerprint density at radius 1 is 0.861 bits per heavy atom. The van der Waals surface area contributed by atoms with Crippen molar-refractivity contribution in [1.29, 1.82) is 0 Å². The molecule has 2 aliphatic rings. The van der Waals surface area contributed by atoms with Crippen LogP contribution in [0.1, 0.15) is 6.42 Å². The van der Waals surface area contributed by atoms with Gasteiger partial charge in [0.1, 0.15) is 30.0 Å². The van der Waals surface area contributed by atoms with Gasteiger partial charge in [0, 0.05) is 6.42 Å². The highest BCUT2D eigenvalue weighted by molar-refractivity contribution is 7.47. The normalized spacial score (nSPS) is 34.7. The molecular weight excluding hydrogens is 565 g/mol. The average molecular weight is 586 g/mol. The van der Waals surface area contributed by atoms with E-state index < -0.39 is 96.0 Å². The van der Waals surface area contributed by atoms with Crippen LogP contribution in [0, 0.1) is 11.8 Å². The van der Waals surface area contributed by atoms with Crippen molar-refractivity contribution in [2.24, 2.45) is 11.8 Å². The largest absolute Gasteiger partial charge is 0.472 e. The third-order valence-corrected chi connectivity index (χ3v) is 7.30. The second kappa shape index (κ2) is 10.9. The van der Waals surface area contributed by atoms with Crippen LogP contribution in [-0.2, 0) is 51.0 Å². The molecule has 206 valence electrons. The predicted octanol–water partition coefficient (Wildman–Crippen LogP) is -3.92. The Kier molecular flexibility index (Phi) is 9.45. The molecule has 19 nitrogen and oxygen atoms in total. The van der Waals surface area contributed by atoms with Gasteiger partial charge >= 0.3 is 23.5 Å². The zero-order chi connectivity index (χ0) is 27.9. The standard InChI is InChI=1S/C14H21O19P3/c15-2-6(17)1-5(7(18)3-16)4-30-36(28,29)33-13-10(20)11(31-34(22,23)24)9(19)8-12(14(8,13)21)32-35(25,26)27/h2-3,5,8-13,19-21H,1,4H2,(H,28,29)(H2,22,23,24)(H2,25,26,27)/t5-,8+,9?,10?,11+,12?,13?,14?/m1/s1. The van der Waals surface area contributed by atoms with E-state index in [1.165, 1.54) is 0 Å². The lowest BCUT2D eigenvalue weighted by molar-refractivity contribution is -0.176. The van der Waals surface area contributed by atoms with E-state index in [4.69, 9.17) is 19.6 Å². The first-order valence-electron chi connectivity index (χ1n) is 9.46. The Balaban J connectivity index is 2.31. The average Bonchev–Trinajstić information content (AvgIpc) is 3.32. The minimum atomic E-state index is -5.55. The monoisotopic (exact) mass is 586 g/mol. The van der Waals surface area contributed by atoms with Gasteiger partial charge in [0.25, 0.3) is 0 Å². The van der Waals surface area contributed by atoms with E-state index in [9.17, 15) is 53.1 Å². The summed E-state index contributed by atoms with van der Waals surface area (Å²) >= 11 is 0. The van der Waals surface area contributed by atoms with Crippen molar-refractivity contribution < 1.29 is 90.8 Å². The molecule has 0 aromatic carbocycles. The van der Waals surface area contributed by atoms with Gasteiger partial charge in [-0.3, -0.25) is 37.3 Å². The van der Waals surface area contributed by atoms with Crippen LogP contribution in [0.25, 0.3) is 0 Å². The number of carbonyl (C=O) groups excluding carboxylic acids is 4. The summed E-state index contributed by atoms with van der Waals surface area (Å²) in [6, 6.07) is 0. The zero-order valence-corrected chi connectivity index (χ0v) is 20.2. The van der Waals surface area contributed by atoms with Crippen molar-refractivity contribution in [2.75, 3.05) is 6.61 Å². The van der Waals surface area contributed by atoms with Crippen molar-refractivity contribution in [3.63, 3.8) is 0 Å². The fourth-order valence-corrected chi connectivity index (χ4v) is 5.93. The lowest BCUT2D eigenvalue weighted by Crippen LogP contribution is -2.58. The first-order valence-corrected chi connectivity index (χ1v) is 14.0. The summed E-state index contributed by atoms with van der Waals surface area (Å²) in [7, 11) is -16.4. The Bertz CT molecular complexity index is 1030. The number of aliphatic hydroxyl groups is 3. The van der Waals surface area contributed by atoms with Gasteiger partial charge in [-0.25, -0.2) is 13.7 Å². The number of rotatable bonds is 14. The fraction of sp³-hybridized carbons (Fsp3) is 0.714. The van der Waals surface area contributed by atoms with Gasteiger partial charge in [0.2, 0.25) is 5.78 Å². The molecule has 0 aromatic heterocycles. The maximum Gasteiger partial charge on any atom is 0.472 e. The highest BCUT2D eigenvalue weighted by Gasteiger charge is 2.80. The van der Waals surface area contributed by atoms with Crippen molar-refractivity contribution in [3.8, 4) is 0 Å². The second-order valence-corrected chi connectivity index (χ2v) is 11.6. The van der Waals surface area contributed by atoms with E-state index in [1.807, 2.05) is 0 Å². The molecule has 2 saturated carbocycles. The summed E-state index contributed by atoms with van der Waals surface area (Å²) < 4.78 is 52.5. The van der Waals surface area contributed by atoms with Gasteiger partial charge in [-0.15, -0.1) is 0 Å². The van der Waals surface area contributed by atoms with E-state index in [1.54, 1.807) is 0 Å². The molecule has 0 spiro atoms. The van der Waals surface area contributed by atoms with Crippen molar-refractivity contribution in [1.82, 2.24) is 0 Å². The maximum absolute atomic E-state index is 12.5. The van der Waals surface area contributed by atoms with Gasteiger partial charge in [-0.05, 0) is 0 Å². The highest BCUT2D eigenvalue weighted by atomic mass is 31.2. The Labute approximate surface area is 200 Å². The Morgan fingerprint density at radius 3 is 1.89 bits per heavy atom. The third kappa shape index (κ3) is 7.26. The summed E-state index contributed by atoms with van der Waals surface area (Å²) in [5, 5.41) is 31.5. The third-order valence-electron chi connectivity index (χ3n) is 5.31. The molecule has 6 unspecified atom stereocenters. The highest BCUT2D eigenvalue weighted by Crippen LogP contribution is 2.64. The first-order chi connectivity index (χ1) is 16.3. The van der Waals surface area contributed by atoms with Crippen LogP contribution in [0.3, 0.4) is 0 Å². The summed E-state index contributed by atoms with van der Waals surface area (Å²) in [6.07, 6.45) is -13.2. The number of aliphatic hydroxyl groups excluding tert-OH is 2. The number of hydrogen-bond acceptors (Lipinski definition) is 14. The van der Waals surface area contributed by atoms with Gasteiger partial charge < -0.3 is 39.8 Å². The van der Waals surface area contributed by atoms with Crippen LogP contribution in [-0.4, -0.2) is 107 Å². The predicted molar refractivity (Wildman–Crippen MR) is 105 cm³/mol. The molecule has 2 fully saturated rings.